The van der Waals surface area contributed by atoms with Crippen LogP contribution in [-0.4, -0.2) is 21.6 Å². The Morgan fingerprint density at radius 2 is 2.11 bits per heavy atom. The predicted molar refractivity (Wildman–Crippen MR) is 72.3 cm³/mol. The van der Waals surface area contributed by atoms with Crippen LogP contribution in [0.4, 0.5) is 0 Å². The Labute approximate surface area is 115 Å². The zero-order valence-corrected chi connectivity index (χ0v) is 11.6. The van der Waals surface area contributed by atoms with E-state index in [1.54, 1.807) is 6.07 Å². The van der Waals surface area contributed by atoms with E-state index in [1.165, 1.54) is 0 Å². The molecule has 4 heteroatoms. The van der Waals surface area contributed by atoms with Crippen LogP contribution in [0.3, 0.4) is 0 Å². The van der Waals surface area contributed by atoms with Gasteiger partial charge in [0.15, 0.2) is 0 Å². The molecule has 1 aliphatic rings. The molecule has 2 rings (SSSR count). The van der Waals surface area contributed by atoms with Crippen molar-refractivity contribution in [2.45, 2.75) is 36.9 Å². The molecule has 0 aliphatic heterocycles. The van der Waals surface area contributed by atoms with Crippen LogP contribution in [0.15, 0.2) is 24.3 Å². The molecule has 2 unspecified atom stereocenters. The average Bonchev–Trinajstić information content (AvgIpc) is 3.19. The molecule has 18 heavy (non-hydrogen) atoms. The summed E-state index contributed by atoms with van der Waals surface area (Å²) in [5.41, 5.74) is 1.28. The number of aliphatic hydroxyl groups is 2. The van der Waals surface area contributed by atoms with Gasteiger partial charge < -0.3 is 10.2 Å². The first-order valence-electron chi connectivity index (χ1n) is 6.07. The summed E-state index contributed by atoms with van der Waals surface area (Å²) in [6.07, 6.45) is 0.586. The normalized spacial score (nSPS) is 19.9. The van der Waals surface area contributed by atoms with E-state index in [0.717, 1.165) is 18.4 Å². The van der Waals surface area contributed by atoms with Crippen LogP contribution in [0.25, 0.3) is 0 Å². The first-order valence-corrected chi connectivity index (χ1v) is 7.19. The van der Waals surface area contributed by atoms with Crippen molar-refractivity contribution < 1.29 is 10.2 Å². The number of benzene rings is 1. The van der Waals surface area contributed by atoms with Crippen molar-refractivity contribution >= 4 is 15.9 Å². The quantitative estimate of drug-likeness (QED) is 0.821. The van der Waals surface area contributed by atoms with Gasteiger partial charge in [-0.3, -0.25) is 0 Å². The third kappa shape index (κ3) is 2.59. The predicted octanol–water partition coefficient (Wildman–Crippen LogP) is 2.42. The zero-order chi connectivity index (χ0) is 13.2. The van der Waals surface area contributed by atoms with Gasteiger partial charge in [-0.2, -0.15) is 5.26 Å². The Kier molecular flexibility index (Phi) is 4.06. The second-order valence-corrected chi connectivity index (χ2v) is 5.60. The summed E-state index contributed by atoms with van der Waals surface area (Å²) in [6, 6.07) is 9.73. The maximum absolute atomic E-state index is 10.0. The molecule has 1 aromatic rings. The lowest BCUT2D eigenvalue weighted by atomic mass is 9.93. The maximum Gasteiger partial charge on any atom is 0.105 e. The Hall–Kier alpha value is -0.890. The van der Waals surface area contributed by atoms with Gasteiger partial charge in [0.2, 0.25) is 0 Å². The fourth-order valence-electron chi connectivity index (χ4n) is 2.10. The third-order valence-corrected chi connectivity index (χ3v) is 3.97. The number of hydrogen-bond acceptors (Lipinski definition) is 3. The lowest BCUT2D eigenvalue weighted by Gasteiger charge is -2.18. The van der Waals surface area contributed by atoms with Crippen LogP contribution in [0, 0.1) is 11.3 Å². The lowest BCUT2D eigenvalue weighted by Crippen LogP contribution is -2.19. The summed E-state index contributed by atoms with van der Waals surface area (Å²) < 4.78 is 0. The van der Waals surface area contributed by atoms with E-state index in [0.29, 0.717) is 17.3 Å². The lowest BCUT2D eigenvalue weighted by molar-refractivity contribution is 0.0173. The minimum Gasteiger partial charge on any atom is -0.390 e. The van der Waals surface area contributed by atoms with Crippen LogP contribution < -0.4 is 0 Å². The number of rotatable bonds is 5. The van der Waals surface area contributed by atoms with E-state index < -0.39 is 12.2 Å². The largest absolute Gasteiger partial charge is 0.390 e. The summed E-state index contributed by atoms with van der Waals surface area (Å²) in [6.45, 7) is 0. The number of nitriles is 1. The SMILES string of the molecule is N#CC1(c2cccc(C(O)C(O)CCBr)c2)CC1. The van der Waals surface area contributed by atoms with Crippen LogP contribution in [0.5, 0.6) is 0 Å². The minimum absolute atomic E-state index is 0.351. The molecule has 0 radical (unpaired) electrons. The zero-order valence-electron chi connectivity index (χ0n) is 10.0. The molecular weight excluding hydrogens is 294 g/mol. The molecule has 0 spiro atoms. The summed E-state index contributed by atoms with van der Waals surface area (Å²) in [5.74, 6) is 0. The Morgan fingerprint density at radius 3 is 2.67 bits per heavy atom. The van der Waals surface area contributed by atoms with Crippen molar-refractivity contribution in [1.82, 2.24) is 0 Å². The second-order valence-electron chi connectivity index (χ2n) is 4.81. The Morgan fingerprint density at radius 1 is 1.39 bits per heavy atom. The van der Waals surface area contributed by atoms with E-state index in [4.69, 9.17) is 5.26 Å². The third-order valence-electron chi connectivity index (χ3n) is 3.51. The highest BCUT2D eigenvalue weighted by atomic mass is 79.9. The fraction of sp³-hybridized carbons (Fsp3) is 0.500. The van der Waals surface area contributed by atoms with Gasteiger partial charge in [-0.15, -0.1) is 0 Å². The number of hydrogen-bond donors (Lipinski definition) is 2. The van der Waals surface area contributed by atoms with Crippen molar-refractivity contribution in [1.29, 1.82) is 5.26 Å². The molecule has 0 bridgehead atoms. The molecule has 1 aromatic carbocycles. The van der Waals surface area contributed by atoms with Crippen molar-refractivity contribution in [3.8, 4) is 6.07 Å². The van der Waals surface area contributed by atoms with E-state index in [1.807, 2.05) is 18.2 Å². The van der Waals surface area contributed by atoms with Gasteiger partial charge in [0.1, 0.15) is 6.10 Å². The van der Waals surface area contributed by atoms with Crippen LogP contribution in [0.1, 0.15) is 36.5 Å². The topological polar surface area (TPSA) is 64.2 Å². The average molecular weight is 310 g/mol. The molecule has 3 nitrogen and oxygen atoms in total. The first-order chi connectivity index (χ1) is 8.63. The highest BCUT2D eigenvalue weighted by molar-refractivity contribution is 9.09. The Bertz CT molecular complexity index is 465. The molecule has 0 amide bonds. The van der Waals surface area contributed by atoms with Crippen LogP contribution in [-0.2, 0) is 5.41 Å². The molecule has 0 aromatic heterocycles. The van der Waals surface area contributed by atoms with Gasteiger partial charge in [0.25, 0.3) is 0 Å². The van der Waals surface area contributed by atoms with Crippen molar-refractivity contribution in [3.05, 3.63) is 35.4 Å². The number of nitrogens with zero attached hydrogens (tertiary/aromatic N) is 1. The minimum atomic E-state index is -0.892. The Balaban J connectivity index is 2.20. The van der Waals surface area contributed by atoms with Crippen LogP contribution in [0.2, 0.25) is 0 Å². The van der Waals surface area contributed by atoms with Crippen LogP contribution >= 0.6 is 15.9 Å². The number of aliphatic hydroxyl groups excluding tert-OH is 2. The van der Waals surface area contributed by atoms with Gasteiger partial charge >= 0.3 is 0 Å². The maximum atomic E-state index is 10.0. The summed E-state index contributed by atoms with van der Waals surface area (Å²) in [5, 5.41) is 29.7. The molecule has 1 aliphatic carbocycles. The molecule has 1 fully saturated rings. The van der Waals surface area contributed by atoms with Crippen molar-refractivity contribution in [2.75, 3.05) is 5.33 Å². The molecular formula is C14H16BrNO2. The first kappa shape index (κ1) is 13.5. The van der Waals surface area contributed by atoms with Gasteiger partial charge in [-0.1, -0.05) is 40.2 Å². The molecule has 0 saturated heterocycles. The van der Waals surface area contributed by atoms with E-state index >= 15 is 0 Å². The van der Waals surface area contributed by atoms with Crippen molar-refractivity contribution in [3.63, 3.8) is 0 Å². The molecule has 0 heterocycles. The highest BCUT2D eigenvalue weighted by Gasteiger charge is 2.45. The molecule has 2 N–H and O–H groups in total. The smallest absolute Gasteiger partial charge is 0.105 e. The molecule has 96 valence electrons. The van der Waals surface area contributed by atoms with Crippen molar-refractivity contribution in [2.24, 2.45) is 0 Å². The standard InChI is InChI=1S/C14H16BrNO2/c15-7-4-12(17)13(18)10-2-1-3-11(8-10)14(9-16)5-6-14/h1-3,8,12-13,17-18H,4-7H2. The van der Waals surface area contributed by atoms with Gasteiger partial charge in [-0.05, 0) is 30.4 Å². The molecule has 1 saturated carbocycles. The summed E-state index contributed by atoms with van der Waals surface area (Å²) >= 11 is 3.24. The molecule has 2 atom stereocenters. The van der Waals surface area contributed by atoms with Gasteiger partial charge in [-0.25, -0.2) is 0 Å². The number of halogens is 1. The van der Waals surface area contributed by atoms with E-state index in [-0.39, 0.29) is 5.41 Å². The summed E-state index contributed by atoms with van der Waals surface area (Å²) in [4.78, 5) is 0. The number of alkyl halides is 1. The highest BCUT2D eigenvalue weighted by Crippen LogP contribution is 2.47. The van der Waals surface area contributed by atoms with Gasteiger partial charge in [0.05, 0.1) is 17.6 Å². The second kappa shape index (κ2) is 5.40. The van der Waals surface area contributed by atoms with E-state index in [2.05, 4.69) is 22.0 Å². The van der Waals surface area contributed by atoms with E-state index in [9.17, 15) is 10.2 Å². The monoisotopic (exact) mass is 309 g/mol. The summed E-state index contributed by atoms with van der Waals surface area (Å²) in [7, 11) is 0. The van der Waals surface area contributed by atoms with Gasteiger partial charge in [0, 0.05) is 5.33 Å². The fourth-order valence-corrected chi connectivity index (χ4v) is 2.57.